The van der Waals surface area contributed by atoms with Gasteiger partial charge in [0.25, 0.3) is 0 Å². The zero-order chi connectivity index (χ0) is 17.5. The van der Waals surface area contributed by atoms with E-state index in [2.05, 4.69) is 25.6 Å². The van der Waals surface area contributed by atoms with Crippen molar-refractivity contribution in [3.63, 3.8) is 0 Å². The highest BCUT2D eigenvalue weighted by molar-refractivity contribution is 5.94. The summed E-state index contributed by atoms with van der Waals surface area (Å²) in [5, 5.41) is 15.3. The molecule has 2 aliphatic heterocycles. The molecule has 0 bridgehead atoms. The summed E-state index contributed by atoms with van der Waals surface area (Å²) in [6.07, 6.45) is 4.23. The lowest BCUT2D eigenvalue weighted by molar-refractivity contribution is -0.200. The molecular weight excluding hydrogens is 334 g/mol. The van der Waals surface area contributed by atoms with Crippen LogP contribution in [0.5, 0.6) is 0 Å². The predicted octanol–water partition coefficient (Wildman–Crippen LogP) is 1.58. The van der Waals surface area contributed by atoms with Gasteiger partial charge in [0.15, 0.2) is 23.3 Å². The molecule has 2 N–H and O–H groups in total. The summed E-state index contributed by atoms with van der Waals surface area (Å²) in [6, 6.07) is 5.89. The lowest BCUT2D eigenvalue weighted by atomic mass is 9.79. The molecule has 0 spiro atoms. The predicted molar refractivity (Wildman–Crippen MR) is 92.5 cm³/mol. The van der Waals surface area contributed by atoms with Crippen LogP contribution in [0.4, 0.5) is 17.6 Å². The molecule has 0 aromatic carbocycles. The van der Waals surface area contributed by atoms with Crippen LogP contribution in [0, 0.1) is 0 Å². The highest BCUT2D eigenvalue weighted by Gasteiger charge is 2.67. The van der Waals surface area contributed by atoms with Gasteiger partial charge in [0.1, 0.15) is 5.52 Å². The van der Waals surface area contributed by atoms with Crippen molar-refractivity contribution in [3.05, 3.63) is 30.1 Å². The van der Waals surface area contributed by atoms with Crippen LogP contribution >= 0.6 is 0 Å². The van der Waals surface area contributed by atoms with E-state index in [9.17, 15) is 4.79 Å². The molecule has 0 amide bonds. The Morgan fingerprint density at radius 3 is 3.08 bits per heavy atom. The van der Waals surface area contributed by atoms with Gasteiger partial charge in [-0.3, -0.25) is 5.10 Å². The highest BCUT2D eigenvalue weighted by Crippen LogP contribution is 2.44. The van der Waals surface area contributed by atoms with Crippen LogP contribution in [-0.4, -0.2) is 49.0 Å². The molecule has 3 fully saturated rings. The quantitative estimate of drug-likeness (QED) is 0.688. The van der Waals surface area contributed by atoms with Gasteiger partial charge >= 0.3 is 5.97 Å². The van der Waals surface area contributed by atoms with E-state index >= 15 is 0 Å². The van der Waals surface area contributed by atoms with E-state index in [4.69, 9.17) is 4.74 Å². The van der Waals surface area contributed by atoms with E-state index in [1.54, 1.807) is 4.52 Å². The Labute approximate surface area is 148 Å². The molecule has 9 nitrogen and oxygen atoms in total. The molecule has 2 atom stereocenters. The molecule has 3 aromatic heterocycles. The minimum absolute atomic E-state index is 0.0668. The van der Waals surface area contributed by atoms with Crippen LogP contribution in [0.2, 0.25) is 0 Å². The fourth-order valence-corrected chi connectivity index (χ4v) is 3.72. The molecular formula is C17H17N7O2. The van der Waals surface area contributed by atoms with E-state index < -0.39 is 5.54 Å². The smallest absolute Gasteiger partial charge is 0.336 e. The minimum Gasteiger partial charge on any atom is -0.455 e. The summed E-state index contributed by atoms with van der Waals surface area (Å²) >= 11 is 0. The van der Waals surface area contributed by atoms with Crippen LogP contribution in [-0.2, 0) is 9.53 Å². The third-order valence-electron chi connectivity index (χ3n) is 5.68. The summed E-state index contributed by atoms with van der Waals surface area (Å²) in [4.78, 5) is 18.5. The minimum atomic E-state index is -0.649. The SMILES string of the molecule is C[C@@]12C(=O)OC1CN2c1nc(Nc2cc(C3CC3)[nH]n2)c2cccn2n1. The third-order valence-corrected chi connectivity index (χ3v) is 5.68. The van der Waals surface area contributed by atoms with Gasteiger partial charge in [0.05, 0.1) is 6.54 Å². The average molecular weight is 351 g/mol. The number of nitrogens with one attached hydrogen (secondary N) is 2. The molecule has 26 heavy (non-hydrogen) atoms. The number of hydrogen-bond donors (Lipinski definition) is 2. The van der Waals surface area contributed by atoms with Gasteiger partial charge in [-0.2, -0.15) is 10.1 Å². The normalized spacial score (nSPS) is 26.9. The van der Waals surface area contributed by atoms with Crippen LogP contribution in [0.3, 0.4) is 0 Å². The molecule has 1 aliphatic carbocycles. The second-order valence-electron chi connectivity index (χ2n) is 7.36. The number of morpholine rings is 1. The maximum atomic E-state index is 11.9. The van der Waals surface area contributed by atoms with Crippen molar-refractivity contribution in [1.82, 2.24) is 24.8 Å². The average Bonchev–Trinajstić information content (AvgIpc) is 3.19. The lowest BCUT2D eigenvalue weighted by Crippen LogP contribution is -2.82. The number of nitrogens with zero attached hydrogens (tertiary/aromatic N) is 5. The van der Waals surface area contributed by atoms with Crippen LogP contribution in [0.25, 0.3) is 5.52 Å². The first-order chi connectivity index (χ1) is 12.6. The van der Waals surface area contributed by atoms with Crippen molar-refractivity contribution in [1.29, 1.82) is 0 Å². The van der Waals surface area contributed by atoms with Gasteiger partial charge in [-0.05, 0) is 31.9 Å². The Morgan fingerprint density at radius 2 is 2.31 bits per heavy atom. The van der Waals surface area contributed by atoms with Crippen molar-refractivity contribution in [3.8, 4) is 0 Å². The number of H-pyrrole nitrogens is 1. The Hall–Kier alpha value is -3.10. The highest BCUT2D eigenvalue weighted by atomic mass is 16.6. The number of rotatable bonds is 4. The number of anilines is 3. The molecule has 1 unspecified atom stereocenters. The molecule has 132 valence electrons. The van der Waals surface area contributed by atoms with Crippen molar-refractivity contribution in [2.75, 3.05) is 16.8 Å². The van der Waals surface area contributed by atoms with Gasteiger partial charge in [-0.15, -0.1) is 5.10 Å². The second kappa shape index (κ2) is 4.54. The summed E-state index contributed by atoms with van der Waals surface area (Å²) in [5.41, 5.74) is 1.36. The maximum absolute atomic E-state index is 11.9. The second-order valence-corrected chi connectivity index (χ2v) is 7.36. The van der Waals surface area contributed by atoms with Crippen molar-refractivity contribution in [2.45, 2.75) is 37.3 Å². The third kappa shape index (κ3) is 1.74. The molecule has 3 aromatic rings. The van der Waals surface area contributed by atoms with Gasteiger partial charge < -0.3 is 15.0 Å². The number of aromatic amines is 1. The molecule has 9 heteroatoms. The Balaban J connectivity index is 1.38. The van der Waals surface area contributed by atoms with Crippen LogP contribution in [0.1, 0.15) is 31.4 Å². The monoisotopic (exact) mass is 351 g/mol. The van der Waals surface area contributed by atoms with Gasteiger partial charge in [0.2, 0.25) is 5.95 Å². The fourth-order valence-electron chi connectivity index (χ4n) is 3.72. The van der Waals surface area contributed by atoms with Crippen molar-refractivity contribution in [2.24, 2.45) is 0 Å². The number of ether oxygens (including phenoxy) is 1. The number of esters is 1. The van der Waals surface area contributed by atoms with Gasteiger partial charge in [0, 0.05) is 23.9 Å². The summed E-state index contributed by atoms with van der Waals surface area (Å²) in [5.74, 6) is 2.28. The molecule has 2 saturated heterocycles. The largest absolute Gasteiger partial charge is 0.455 e. The first-order valence-corrected chi connectivity index (χ1v) is 8.79. The summed E-state index contributed by atoms with van der Waals surface area (Å²) < 4.78 is 6.91. The van der Waals surface area contributed by atoms with E-state index in [0.717, 1.165) is 17.0 Å². The molecule has 0 radical (unpaired) electrons. The van der Waals surface area contributed by atoms with Crippen molar-refractivity contribution < 1.29 is 9.53 Å². The molecule has 5 heterocycles. The first-order valence-electron chi connectivity index (χ1n) is 8.79. The summed E-state index contributed by atoms with van der Waals surface area (Å²) in [7, 11) is 0. The van der Waals surface area contributed by atoms with Crippen molar-refractivity contribution >= 4 is 29.1 Å². The lowest BCUT2D eigenvalue weighted by Gasteiger charge is -2.60. The van der Waals surface area contributed by atoms with E-state index in [0.29, 0.717) is 24.2 Å². The van der Waals surface area contributed by atoms with Crippen LogP contribution in [0.15, 0.2) is 24.4 Å². The van der Waals surface area contributed by atoms with E-state index in [1.807, 2.05) is 36.2 Å². The number of carbonyl (C=O) groups excluding carboxylic acids is 1. The fraction of sp³-hybridized carbons (Fsp3) is 0.412. The zero-order valence-corrected chi connectivity index (χ0v) is 14.1. The number of fused-ring (bicyclic) bond motifs is 2. The van der Waals surface area contributed by atoms with E-state index in [-0.39, 0.29) is 12.1 Å². The van der Waals surface area contributed by atoms with E-state index in [1.165, 1.54) is 12.8 Å². The van der Waals surface area contributed by atoms with Gasteiger partial charge in [-0.1, -0.05) is 0 Å². The van der Waals surface area contributed by atoms with Crippen LogP contribution < -0.4 is 10.2 Å². The maximum Gasteiger partial charge on any atom is 0.336 e. The number of aromatic nitrogens is 5. The topological polar surface area (TPSA) is 100 Å². The molecule has 6 rings (SSSR count). The van der Waals surface area contributed by atoms with Gasteiger partial charge in [-0.25, -0.2) is 9.31 Å². The Bertz CT molecular complexity index is 1050. The first kappa shape index (κ1) is 14.1. The number of carbonyl (C=O) groups is 1. The Morgan fingerprint density at radius 1 is 1.42 bits per heavy atom. The summed E-state index contributed by atoms with van der Waals surface area (Å²) in [6.45, 7) is 2.49. The zero-order valence-electron chi connectivity index (χ0n) is 14.1. The molecule has 3 aliphatic rings. The molecule has 1 saturated carbocycles. The Kier molecular flexibility index (Phi) is 2.46. The standard InChI is InChI=1S/C17H17N7O2/c1-17-12(26-15(17)25)8-23(17)16-19-14(11-3-2-6-24(11)22-16)18-13-7-10(20-21-13)9-4-5-9/h2-3,6-7,9,12H,4-5,8H2,1H3,(H2,18,19,20,21,22)/t12?,17-/m0/s1. The number of hydrogen-bond acceptors (Lipinski definition) is 7.